The molecule has 0 saturated heterocycles. The van der Waals surface area contributed by atoms with Crippen LogP contribution in [0.1, 0.15) is 31.8 Å². The number of amides is 3. The number of aromatic amines is 3. The van der Waals surface area contributed by atoms with Gasteiger partial charge >= 0.3 is 17.1 Å². The maximum atomic E-state index is 12.7. The van der Waals surface area contributed by atoms with Crippen LogP contribution in [-0.2, 0) is 11.2 Å². The maximum absolute atomic E-state index is 12.7. The number of H-pyrrole nitrogens is 3. The number of aryl methyl sites for hydroxylation is 1. The standard InChI is InChI=1S/C25H20ClN3O4.C24H19N3O3.C23H16ClN3O3/c1-33-22-9-8-18(14-21(22)26)17-5-2-4-16(12-17)13-24(31)27-19-6-3-7-20(15-19)29-11-10-23(30)28-25(29)32;1-16-4-2-5-17(14-16)18-6-3-7-19(15-18)23(29)25-20-8-10-21(11-9-20)27-13-12-22(28)26-24(27)30;24-18-6-2-4-16(14-18)15-3-1-5-17(13-15)22(29)25-19-7-9-20(10-8-19)27-12-11-21(28)26-23(27)30/h2-12,14-15H,13H2,1H3,(H,27,31)(H,28,30,32);2-15H,1H3,(H,25,29)(H,26,28,30);1-14H,(H,25,29)(H,26,28,30). The molecule has 6 N–H and O–H groups in total. The summed E-state index contributed by atoms with van der Waals surface area (Å²) in [7, 11) is 1.56. The Morgan fingerprint density at radius 3 is 1.33 bits per heavy atom. The lowest BCUT2D eigenvalue weighted by Crippen LogP contribution is -2.27. The molecule has 0 saturated carbocycles. The molecule has 3 heterocycles. The van der Waals surface area contributed by atoms with Crippen molar-refractivity contribution in [3.63, 3.8) is 0 Å². The van der Waals surface area contributed by atoms with Crippen LogP contribution >= 0.6 is 23.2 Å². The van der Waals surface area contributed by atoms with Gasteiger partial charge in [-0.2, -0.15) is 0 Å². The number of methoxy groups -OCH3 is 1. The van der Waals surface area contributed by atoms with Crippen LogP contribution in [0.4, 0.5) is 17.1 Å². The van der Waals surface area contributed by atoms with Gasteiger partial charge in [-0.25, -0.2) is 14.4 Å². The van der Waals surface area contributed by atoms with Gasteiger partial charge in [0.2, 0.25) is 5.91 Å². The number of nitrogens with zero attached hydrogens (tertiary/aromatic N) is 3. The molecule has 93 heavy (non-hydrogen) atoms. The van der Waals surface area contributed by atoms with Crippen LogP contribution < -0.4 is 54.4 Å². The van der Waals surface area contributed by atoms with Crippen molar-refractivity contribution in [3.05, 3.63) is 344 Å². The largest absolute Gasteiger partial charge is 0.495 e. The highest BCUT2D eigenvalue weighted by Crippen LogP contribution is 2.31. The van der Waals surface area contributed by atoms with E-state index < -0.39 is 33.7 Å². The molecule has 0 aliphatic carbocycles. The van der Waals surface area contributed by atoms with Gasteiger partial charge in [0.1, 0.15) is 5.75 Å². The summed E-state index contributed by atoms with van der Waals surface area (Å²) >= 11 is 12.3. The molecule has 19 nitrogen and oxygen atoms in total. The Morgan fingerprint density at radius 2 is 0.849 bits per heavy atom. The molecule has 12 rings (SSSR count). The van der Waals surface area contributed by atoms with E-state index in [1.54, 1.807) is 110 Å². The van der Waals surface area contributed by atoms with Crippen LogP contribution in [0.5, 0.6) is 5.75 Å². The average molecular weight is 1280 g/mol. The van der Waals surface area contributed by atoms with E-state index >= 15 is 0 Å². The maximum Gasteiger partial charge on any atom is 0.332 e. The summed E-state index contributed by atoms with van der Waals surface area (Å²) in [5.41, 5.74) is 9.14. The molecular weight excluding hydrogens is 1220 g/mol. The van der Waals surface area contributed by atoms with E-state index in [0.29, 0.717) is 61.0 Å². The van der Waals surface area contributed by atoms with Gasteiger partial charge in [0.15, 0.2) is 0 Å². The highest BCUT2D eigenvalue weighted by atomic mass is 35.5. The van der Waals surface area contributed by atoms with Gasteiger partial charge in [0.05, 0.1) is 35.6 Å². The normalized spacial score (nSPS) is 10.6. The first kappa shape index (κ1) is 63.8. The van der Waals surface area contributed by atoms with Crippen molar-refractivity contribution in [3.8, 4) is 56.2 Å². The number of hydrogen-bond donors (Lipinski definition) is 6. The van der Waals surface area contributed by atoms with Crippen molar-refractivity contribution in [2.45, 2.75) is 13.3 Å². The molecular formula is C72H55Cl2N9O10. The van der Waals surface area contributed by atoms with Gasteiger partial charge < -0.3 is 20.7 Å². The third kappa shape index (κ3) is 16.8. The van der Waals surface area contributed by atoms with Gasteiger partial charge in [-0.3, -0.25) is 57.4 Å². The summed E-state index contributed by atoms with van der Waals surface area (Å²) in [5.74, 6) is -0.0838. The van der Waals surface area contributed by atoms with Gasteiger partial charge in [0.25, 0.3) is 28.5 Å². The van der Waals surface area contributed by atoms with Crippen LogP contribution in [0.25, 0.3) is 50.4 Å². The van der Waals surface area contributed by atoms with E-state index in [9.17, 15) is 43.2 Å². The van der Waals surface area contributed by atoms with Gasteiger partial charge in [0, 0.05) is 70.0 Å². The fourth-order valence-corrected chi connectivity index (χ4v) is 10.1. The monoisotopic (exact) mass is 1280 g/mol. The number of nitrogens with one attached hydrogen (secondary N) is 6. The van der Waals surface area contributed by atoms with E-state index in [4.69, 9.17) is 27.9 Å². The molecule has 0 bridgehead atoms. The summed E-state index contributed by atoms with van der Waals surface area (Å²) in [6, 6.07) is 67.6. The molecule has 462 valence electrons. The minimum Gasteiger partial charge on any atom is -0.495 e. The molecule has 0 fully saturated rings. The predicted octanol–water partition coefficient (Wildman–Crippen LogP) is 11.9. The van der Waals surface area contributed by atoms with Gasteiger partial charge in [-0.05, 0) is 161 Å². The zero-order valence-corrected chi connectivity index (χ0v) is 51.1. The molecule has 12 aromatic rings. The number of anilines is 3. The Balaban J connectivity index is 0.000000153. The summed E-state index contributed by atoms with van der Waals surface area (Å²) < 4.78 is 9.11. The van der Waals surface area contributed by atoms with Crippen molar-refractivity contribution in [2.24, 2.45) is 0 Å². The summed E-state index contributed by atoms with van der Waals surface area (Å²) in [6.07, 6.45) is 4.36. The first-order chi connectivity index (χ1) is 44.9. The number of ether oxygens (including phenoxy) is 1. The van der Waals surface area contributed by atoms with Crippen LogP contribution in [0, 0.1) is 6.92 Å². The van der Waals surface area contributed by atoms with Gasteiger partial charge in [-0.1, -0.05) is 126 Å². The van der Waals surface area contributed by atoms with Crippen molar-refractivity contribution in [1.82, 2.24) is 28.7 Å². The number of halogens is 2. The zero-order valence-electron chi connectivity index (χ0n) is 49.6. The van der Waals surface area contributed by atoms with Crippen molar-refractivity contribution < 1.29 is 19.1 Å². The van der Waals surface area contributed by atoms with Crippen molar-refractivity contribution in [2.75, 3.05) is 23.1 Å². The quantitative estimate of drug-likeness (QED) is 0.0600. The Labute approximate surface area is 539 Å². The molecule has 0 atom stereocenters. The second-order valence-electron chi connectivity index (χ2n) is 20.8. The Kier molecular flexibility index (Phi) is 20.2. The fourth-order valence-electron chi connectivity index (χ4n) is 9.68. The highest BCUT2D eigenvalue weighted by molar-refractivity contribution is 6.32. The lowest BCUT2D eigenvalue weighted by Gasteiger charge is -2.10. The first-order valence-electron chi connectivity index (χ1n) is 28.6. The van der Waals surface area contributed by atoms with Gasteiger partial charge in [-0.15, -0.1) is 0 Å². The Hall–Kier alpha value is -12.2. The van der Waals surface area contributed by atoms with Crippen LogP contribution in [0.2, 0.25) is 10.0 Å². The Bertz CT molecular complexity index is 4920. The SMILES string of the molecule is COc1ccc(-c2cccc(CC(=O)Nc3cccc(-n4ccc(=O)[nH]c4=O)c3)c2)cc1Cl.Cc1cccc(-c2cccc(C(=O)Nc3ccc(-n4ccc(=O)[nH]c4=O)cc3)c2)c1.O=C(Nc1ccc(-n2ccc(=O)[nH]c2=O)cc1)c1cccc(-c2cccc(Cl)c2)c1. The van der Waals surface area contributed by atoms with Crippen LogP contribution in [-0.4, -0.2) is 53.5 Å². The summed E-state index contributed by atoms with van der Waals surface area (Å²) in [6.45, 7) is 2.03. The average Bonchev–Trinajstić information content (AvgIpc) is 1.18. The second kappa shape index (κ2) is 29.4. The summed E-state index contributed by atoms with van der Waals surface area (Å²) in [4.78, 5) is 114. The minimum absolute atomic E-state index is 0.167. The summed E-state index contributed by atoms with van der Waals surface area (Å²) in [5, 5.41) is 9.70. The molecule has 0 aliphatic heterocycles. The number of rotatable bonds is 14. The molecule has 3 amide bonds. The predicted molar refractivity (Wildman–Crippen MR) is 363 cm³/mol. The zero-order chi connectivity index (χ0) is 65.5. The van der Waals surface area contributed by atoms with E-state index in [-0.39, 0.29) is 24.1 Å². The number of aromatic nitrogens is 6. The molecule has 0 radical (unpaired) electrons. The lowest BCUT2D eigenvalue weighted by atomic mass is 10.0. The highest BCUT2D eigenvalue weighted by Gasteiger charge is 2.13. The molecule has 9 aromatic carbocycles. The molecule has 21 heteroatoms. The fraction of sp³-hybridized carbons (Fsp3) is 0.0417. The van der Waals surface area contributed by atoms with E-state index in [1.807, 2.05) is 110 Å². The lowest BCUT2D eigenvalue weighted by molar-refractivity contribution is -0.115. The number of benzene rings is 9. The minimum atomic E-state index is -0.554. The van der Waals surface area contributed by atoms with Crippen LogP contribution in [0.3, 0.4) is 0 Å². The number of carbonyl (C=O) groups is 3. The second-order valence-corrected chi connectivity index (χ2v) is 21.7. The third-order valence-corrected chi connectivity index (χ3v) is 14.8. The van der Waals surface area contributed by atoms with E-state index in [2.05, 4.69) is 37.0 Å². The number of hydrogen-bond acceptors (Lipinski definition) is 10. The van der Waals surface area contributed by atoms with Crippen molar-refractivity contribution >= 4 is 58.0 Å². The van der Waals surface area contributed by atoms with Crippen LogP contribution in [0.15, 0.2) is 278 Å². The number of carbonyl (C=O) groups excluding carboxylic acids is 3. The molecule has 0 spiro atoms. The van der Waals surface area contributed by atoms with E-state index in [0.717, 1.165) is 44.5 Å². The Morgan fingerprint density at radius 1 is 0.409 bits per heavy atom. The smallest absolute Gasteiger partial charge is 0.332 e. The third-order valence-electron chi connectivity index (χ3n) is 14.2. The first-order valence-corrected chi connectivity index (χ1v) is 29.3. The molecule has 0 aliphatic rings. The van der Waals surface area contributed by atoms with E-state index in [1.165, 1.54) is 50.5 Å². The molecule has 3 aromatic heterocycles. The van der Waals surface area contributed by atoms with Crippen molar-refractivity contribution in [1.29, 1.82) is 0 Å². The molecule has 0 unspecified atom stereocenters. The topological polar surface area (TPSA) is 261 Å².